The van der Waals surface area contributed by atoms with Crippen LogP contribution in [0.5, 0.6) is 0 Å². The Labute approximate surface area is 231 Å². The average Bonchev–Trinajstić information content (AvgIpc) is 1.12. The number of rotatable bonds is 0. The normalized spacial score (nSPS) is 8.57. The summed E-state index contributed by atoms with van der Waals surface area (Å²) in [7, 11) is -11.2. The van der Waals surface area contributed by atoms with Gasteiger partial charge < -0.3 is 56.5 Å². The van der Waals surface area contributed by atoms with Crippen molar-refractivity contribution in [3.63, 3.8) is 0 Å². The third-order valence-corrected chi connectivity index (χ3v) is 0. The van der Waals surface area contributed by atoms with E-state index in [1.165, 1.54) is 0 Å². The Morgan fingerprint density at radius 1 is 0.357 bits per heavy atom. The molecule has 0 rings (SSSR count). The van der Waals surface area contributed by atoms with Crippen LogP contribution in [0.4, 0.5) is 0 Å². The third kappa shape index (κ3) is 144. The molecule has 0 saturated carbocycles. The van der Waals surface area contributed by atoms with Crippen LogP contribution < -0.4 is 38.4 Å². The summed E-state index contributed by atoms with van der Waals surface area (Å²) in [5, 5.41) is 0. The maximum atomic E-state index is 8.58. The van der Waals surface area contributed by atoms with Crippen molar-refractivity contribution in [3.8, 4) is 0 Å². The van der Waals surface area contributed by atoms with Crippen molar-refractivity contribution >= 4 is 200 Å². The molecule has 0 heterocycles. The van der Waals surface area contributed by atoms with Crippen molar-refractivity contribution in [3.05, 3.63) is 0 Å². The molecular formula is O8Si2Sr4. The average molecular weight is 535 g/mol. The quantitative estimate of drug-likeness (QED) is 0.274. The first-order valence-electron chi connectivity index (χ1n) is 1.63. The van der Waals surface area contributed by atoms with Gasteiger partial charge >= 0.3 is 182 Å². The molecule has 14 heavy (non-hydrogen) atoms. The van der Waals surface area contributed by atoms with Gasteiger partial charge in [0.2, 0.25) is 0 Å². The van der Waals surface area contributed by atoms with E-state index in [1.807, 2.05) is 0 Å². The first-order valence-corrected chi connectivity index (χ1v) is 4.90. The molecule has 0 atom stereocenters. The van der Waals surface area contributed by atoms with Crippen LogP contribution in [0, 0.1) is 0 Å². The molecule has 0 unspecified atom stereocenters. The third-order valence-electron chi connectivity index (χ3n) is 0. The molecule has 0 bridgehead atoms. The van der Waals surface area contributed by atoms with Crippen LogP contribution in [-0.2, 0) is 0 Å². The van der Waals surface area contributed by atoms with Crippen LogP contribution in [0.1, 0.15) is 0 Å². The zero-order valence-corrected chi connectivity index (χ0v) is 23.0. The molecule has 0 radical (unpaired) electrons. The monoisotopic (exact) mass is 536 g/mol. The van der Waals surface area contributed by atoms with E-state index in [9.17, 15) is 0 Å². The Balaban J connectivity index is -0.0000000178. The molecule has 0 aliphatic rings. The van der Waals surface area contributed by atoms with Crippen LogP contribution in [0.3, 0.4) is 0 Å². The van der Waals surface area contributed by atoms with Gasteiger partial charge in [0.15, 0.2) is 0 Å². The Kier molecular flexibility index (Phi) is 50.1. The molecule has 8 nitrogen and oxygen atoms in total. The van der Waals surface area contributed by atoms with Crippen molar-refractivity contribution in [2.45, 2.75) is 0 Å². The smallest absolute Gasteiger partial charge is 0.894 e. The molecule has 14 heteroatoms. The van der Waals surface area contributed by atoms with E-state index in [-0.39, 0.29) is 182 Å². The summed E-state index contributed by atoms with van der Waals surface area (Å²) in [6.45, 7) is 0. The molecule has 0 spiro atoms. The van der Waals surface area contributed by atoms with Crippen molar-refractivity contribution in [1.29, 1.82) is 0 Å². The van der Waals surface area contributed by atoms with Crippen LogP contribution in [0.15, 0.2) is 0 Å². The van der Waals surface area contributed by atoms with E-state index in [2.05, 4.69) is 0 Å². The van der Waals surface area contributed by atoms with E-state index in [0.717, 1.165) is 0 Å². The molecule has 0 saturated heterocycles. The summed E-state index contributed by atoms with van der Waals surface area (Å²) < 4.78 is 0. The molecule has 0 aromatic heterocycles. The molecule has 0 N–H and O–H groups in total. The van der Waals surface area contributed by atoms with Gasteiger partial charge in [-0.3, -0.25) is 0 Å². The first kappa shape index (κ1) is 36.9. The molecule has 0 aliphatic carbocycles. The van der Waals surface area contributed by atoms with Gasteiger partial charge in [-0.25, -0.2) is 0 Å². The molecule has 64 valence electrons. The predicted molar refractivity (Wildman–Crippen MR) is 34.5 cm³/mol. The summed E-state index contributed by atoms with van der Waals surface area (Å²) >= 11 is 0. The van der Waals surface area contributed by atoms with Crippen molar-refractivity contribution in [2.24, 2.45) is 0 Å². The topological polar surface area (TPSA) is 184 Å². The maximum absolute atomic E-state index is 8.58. The van der Waals surface area contributed by atoms with Gasteiger partial charge in [0.1, 0.15) is 0 Å². The van der Waals surface area contributed by atoms with Crippen LogP contribution in [0.25, 0.3) is 0 Å². The Morgan fingerprint density at radius 2 is 0.357 bits per heavy atom. The van der Waals surface area contributed by atoms with Gasteiger partial charge in [0.25, 0.3) is 0 Å². The minimum atomic E-state index is -5.61. The van der Waals surface area contributed by atoms with Gasteiger partial charge in [0, 0.05) is 0 Å². The van der Waals surface area contributed by atoms with E-state index >= 15 is 0 Å². The zero-order chi connectivity index (χ0) is 9.00. The number of hydrogen-bond donors (Lipinski definition) is 0. The van der Waals surface area contributed by atoms with Gasteiger partial charge in [-0.1, -0.05) is 0 Å². The molecule has 0 fully saturated rings. The summed E-state index contributed by atoms with van der Waals surface area (Å²) in [6, 6.07) is 0. The Hall–Kier alpha value is 6.04. The second-order valence-corrected chi connectivity index (χ2v) is 3.00. The van der Waals surface area contributed by atoms with E-state index in [1.54, 1.807) is 0 Å². The van der Waals surface area contributed by atoms with Gasteiger partial charge in [-0.2, -0.15) is 0 Å². The van der Waals surface area contributed by atoms with E-state index in [4.69, 9.17) is 38.4 Å². The minimum Gasteiger partial charge on any atom is -0.894 e. The molecule has 0 amide bonds. The van der Waals surface area contributed by atoms with Gasteiger partial charge in [0.05, 0.1) is 0 Å². The van der Waals surface area contributed by atoms with Crippen LogP contribution in [0.2, 0.25) is 0 Å². The maximum Gasteiger partial charge on any atom is 2.00 e. The molecular weight excluding hydrogens is 535 g/mol. The standard InChI is InChI=1S/2O4Si.4Sr/c2*1-5(2,3)4;;;;/q2*-4;4*+2. The number of hydrogen-bond acceptors (Lipinski definition) is 8. The summed E-state index contributed by atoms with van der Waals surface area (Å²) in [6.07, 6.45) is 0. The van der Waals surface area contributed by atoms with Crippen LogP contribution >= 0.6 is 0 Å². The largest absolute Gasteiger partial charge is 2.00 e. The molecule has 0 aromatic rings. The van der Waals surface area contributed by atoms with Crippen molar-refractivity contribution in [1.82, 2.24) is 0 Å². The fourth-order valence-electron chi connectivity index (χ4n) is 0. The first-order chi connectivity index (χ1) is 4.00. The second kappa shape index (κ2) is 19.0. The van der Waals surface area contributed by atoms with Gasteiger partial charge in [-0.05, 0) is 0 Å². The Morgan fingerprint density at radius 3 is 0.357 bits per heavy atom. The van der Waals surface area contributed by atoms with E-state index < -0.39 is 18.1 Å². The predicted octanol–water partition coefficient (Wildman–Crippen LogP) is -11.8. The van der Waals surface area contributed by atoms with Gasteiger partial charge in [-0.15, -0.1) is 0 Å². The molecule has 0 aliphatic heterocycles. The molecule has 0 aromatic carbocycles. The van der Waals surface area contributed by atoms with E-state index in [0.29, 0.717) is 0 Å². The summed E-state index contributed by atoms with van der Waals surface area (Å²) in [4.78, 5) is 68.6. The van der Waals surface area contributed by atoms with Crippen LogP contribution in [-0.4, -0.2) is 200 Å². The fourth-order valence-corrected chi connectivity index (χ4v) is 0. The zero-order valence-electron chi connectivity index (χ0n) is 7.09. The fraction of sp³-hybridized carbons (Fsp3) is 0. The van der Waals surface area contributed by atoms with Crippen molar-refractivity contribution < 1.29 is 38.4 Å². The summed E-state index contributed by atoms with van der Waals surface area (Å²) in [5.41, 5.74) is 0. The summed E-state index contributed by atoms with van der Waals surface area (Å²) in [5.74, 6) is 0. The second-order valence-electron chi connectivity index (χ2n) is 1.00. The Bertz CT molecular complexity index is 62.3. The minimum absolute atomic E-state index is 0. The van der Waals surface area contributed by atoms with Crippen molar-refractivity contribution in [2.75, 3.05) is 0 Å². The SMILES string of the molecule is [O-][Si]([O-])([O-])[O-].[O-][Si]([O-])([O-])[O-].[Sr+2].[Sr+2].[Sr+2].[Sr+2].